The summed E-state index contributed by atoms with van der Waals surface area (Å²) in [6, 6.07) is 1.27. The molecular weight excluding hydrogens is 406 g/mol. The molecule has 0 spiro atoms. The maximum absolute atomic E-state index is 12.7. The van der Waals surface area contributed by atoms with Crippen LogP contribution in [0.25, 0.3) is 0 Å². The standard InChI is InChI=1S/C17H27N3O10/c1-4-29-17(8-26-2,9-27-3)15(23)28-7-10-12(21)13(22)14(30-10)20-6-5-11(19-25)18-16(20)24/h5-6,10,12-14,21-22,25H,4,7-9H2,1-3H3,(H,18,19,24)/t10-,12-,13-,14-/m1/s1. The zero-order valence-electron chi connectivity index (χ0n) is 16.9. The quantitative estimate of drug-likeness (QED) is 0.230. The van der Waals surface area contributed by atoms with Gasteiger partial charge in [-0.15, -0.1) is 0 Å². The van der Waals surface area contributed by atoms with Gasteiger partial charge in [0.15, 0.2) is 12.0 Å². The molecule has 13 heteroatoms. The van der Waals surface area contributed by atoms with Crippen LogP contribution in [0, 0.1) is 0 Å². The maximum atomic E-state index is 12.7. The van der Waals surface area contributed by atoms with E-state index in [1.165, 1.54) is 26.5 Å². The molecule has 2 heterocycles. The van der Waals surface area contributed by atoms with E-state index in [1.807, 2.05) is 0 Å². The molecule has 4 atom stereocenters. The van der Waals surface area contributed by atoms with E-state index in [2.05, 4.69) is 4.98 Å². The third kappa shape index (κ3) is 5.13. The van der Waals surface area contributed by atoms with E-state index in [1.54, 1.807) is 12.4 Å². The van der Waals surface area contributed by atoms with Crippen molar-refractivity contribution in [2.75, 3.05) is 46.1 Å². The highest BCUT2D eigenvalue weighted by atomic mass is 16.6. The largest absolute Gasteiger partial charge is 0.461 e. The van der Waals surface area contributed by atoms with Gasteiger partial charge in [-0.1, -0.05) is 0 Å². The molecule has 0 unspecified atom stereocenters. The Morgan fingerprint density at radius 3 is 2.50 bits per heavy atom. The van der Waals surface area contributed by atoms with Crippen LogP contribution in [-0.4, -0.2) is 95.5 Å². The fourth-order valence-electron chi connectivity index (χ4n) is 3.10. The molecule has 0 aromatic carbocycles. The number of hydrogen-bond donors (Lipinski definition) is 4. The number of anilines is 1. The van der Waals surface area contributed by atoms with Crippen molar-refractivity contribution in [1.82, 2.24) is 9.55 Å². The first-order chi connectivity index (χ1) is 14.3. The summed E-state index contributed by atoms with van der Waals surface area (Å²) in [4.78, 5) is 28.2. The number of carbonyl (C=O) groups excluding carboxylic acids is 1. The molecule has 0 saturated carbocycles. The van der Waals surface area contributed by atoms with E-state index in [4.69, 9.17) is 28.9 Å². The fourth-order valence-corrected chi connectivity index (χ4v) is 3.10. The first kappa shape index (κ1) is 24.1. The summed E-state index contributed by atoms with van der Waals surface area (Å²) < 4.78 is 27.3. The van der Waals surface area contributed by atoms with Gasteiger partial charge in [0.25, 0.3) is 0 Å². The number of aliphatic hydroxyl groups is 2. The first-order valence-corrected chi connectivity index (χ1v) is 9.13. The van der Waals surface area contributed by atoms with Crippen LogP contribution in [0.5, 0.6) is 0 Å². The van der Waals surface area contributed by atoms with Crippen molar-refractivity contribution in [1.29, 1.82) is 0 Å². The monoisotopic (exact) mass is 433 g/mol. The van der Waals surface area contributed by atoms with Gasteiger partial charge in [-0.05, 0) is 13.0 Å². The highest BCUT2D eigenvalue weighted by Crippen LogP contribution is 2.29. The molecule has 0 bridgehead atoms. The van der Waals surface area contributed by atoms with Gasteiger partial charge >= 0.3 is 11.7 Å². The lowest BCUT2D eigenvalue weighted by Gasteiger charge is -2.30. The van der Waals surface area contributed by atoms with Gasteiger partial charge < -0.3 is 33.9 Å². The van der Waals surface area contributed by atoms with Crippen LogP contribution < -0.4 is 11.2 Å². The molecule has 1 aliphatic heterocycles. The Kier molecular flexibility index (Phi) is 8.66. The Balaban J connectivity index is 2.10. The van der Waals surface area contributed by atoms with E-state index in [0.29, 0.717) is 0 Å². The van der Waals surface area contributed by atoms with Gasteiger partial charge in [-0.2, -0.15) is 4.98 Å². The number of nitrogens with one attached hydrogen (secondary N) is 1. The lowest BCUT2D eigenvalue weighted by molar-refractivity contribution is -0.192. The summed E-state index contributed by atoms with van der Waals surface area (Å²) in [5, 5.41) is 29.3. The van der Waals surface area contributed by atoms with E-state index < -0.39 is 48.4 Å². The molecule has 13 nitrogen and oxygen atoms in total. The maximum Gasteiger partial charge on any atom is 0.351 e. The van der Waals surface area contributed by atoms with Crippen molar-refractivity contribution >= 4 is 11.8 Å². The van der Waals surface area contributed by atoms with Crippen LogP contribution in [0.3, 0.4) is 0 Å². The molecule has 0 aliphatic carbocycles. The van der Waals surface area contributed by atoms with Gasteiger partial charge in [0, 0.05) is 27.0 Å². The van der Waals surface area contributed by atoms with Gasteiger partial charge in [-0.3, -0.25) is 15.3 Å². The van der Waals surface area contributed by atoms with Crippen LogP contribution in [-0.2, 0) is 28.5 Å². The van der Waals surface area contributed by atoms with Crippen molar-refractivity contribution in [3.8, 4) is 0 Å². The minimum absolute atomic E-state index is 0.0988. The van der Waals surface area contributed by atoms with Gasteiger partial charge in [0.05, 0.1) is 13.2 Å². The Morgan fingerprint density at radius 1 is 1.30 bits per heavy atom. The molecule has 1 aliphatic rings. The Morgan fingerprint density at radius 2 is 1.97 bits per heavy atom. The number of esters is 1. The third-order valence-electron chi connectivity index (χ3n) is 4.48. The number of methoxy groups -OCH3 is 2. The number of aliphatic hydroxyl groups excluding tert-OH is 2. The predicted molar refractivity (Wildman–Crippen MR) is 98.9 cm³/mol. The topological polar surface area (TPSA) is 171 Å². The number of aromatic nitrogens is 2. The van der Waals surface area contributed by atoms with Gasteiger partial charge in [-0.25, -0.2) is 9.59 Å². The van der Waals surface area contributed by atoms with Crippen LogP contribution in [0.15, 0.2) is 17.1 Å². The minimum Gasteiger partial charge on any atom is -0.461 e. The van der Waals surface area contributed by atoms with Crippen molar-refractivity contribution in [2.45, 2.75) is 37.1 Å². The SMILES string of the molecule is CCOC(COC)(COC)C(=O)OC[C@H]1O[C@@H](n2ccc(NO)nc2=O)[C@H](O)[C@@H]1O. The van der Waals surface area contributed by atoms with E-state index in [0.717, 1.165) is 4.57 Å². The molecule has 0 amide bonds. The highest BCUT2D eigenvalue weighted by molar-refractivity contribution is 5.80. The van der Waals surface area contributed by atoms with Crippen molar-refractivity contribution < 1.29 is 43.9 Å². The summed E-state index contributed by atoms with van der Waals surface area (Å²) in [5.41, 5.74) is -0.616. The predicted octanol–water partition coefficient (Wildman–Crippen LogP) is -1.73. The molecule has 0 radical (unpaired) electrons. The second-order valence-corrected chi connectivity index (χ2v) is 6.55. The first-order valence-electron chi connectivity index (χ1n) is 9.13. The molecular formula is C17H27N3O10. The van der Waals surface area contributed by atoms with E-state index in [9.17, 15) is 19.8 Å². The Bertz CT molecular complexity index is 741. The third-order valence-corrected chi connectivity index (χ3v) is 4.48. The molecule has 1 aromatic rings. The minimum atomic E-state index is -1.51. The number of hydrogen-bond acceptors (Lipinski definition) is 12. The molecule has 1 saturated heterocycles. The summed E-state index contributed by atoms with van der Waals surface area (Å²) >= 11 is 0. The van der Waals surface area contributed by atoms with Crippen molar-refractivity contribution in [2.24, 2.45) is 0 Å². The smallest absolute Gasteiger partial charge is 0.351 e. The molecule has 1 aromatic heterocycles. The number of carbonyl (C=O) groups is 1. The van der Waals surface area contributed by atoms with Crippen LogP contribution in [0.2, 0.25) is 0 Å². The summed E-state index contributed by atoms with van der Waals surface area (Å²) in [5.74, 6) is -0.891. The Hall–Kier alpha value is -2.13. The summed E-state index contributed by atoms with van der Waals surface area (Å²) in [7, 11) is 2.79. The average molecular weight is 433 g/mol. The van der Waals surface area contributed by atoms with Crippen LogP contribution >= 0.6 is 0 Å². The van der Waals surface area contributed by atoms with Gasteiger partial charge in [0.1, 0.15) is 24.9 Å². The van der Waals surface area contributed by atoms with Crippen molar-refractivity contribution in [3.63, 3.8) is 0 Å². The van der Waals surface area contributed by atoms with Gasteiger partial charge in [0.2, 0.25) is 5.60 Å². The molecule has 170 valence electrons. The average Bonchev–Trinajstić information content (AvgIpc) is 3.00. The highest BCUT2D eigenvalue weighted by Gasteiger charge is 2.47. The lowest BCUT2D eigenvalue weighted by Crippen LogP contribution is -2.51. The van der Waals surface area contributed by atoms with Crippen LogP contribution in [0.1, 0.15) is 13.2 Å². The summed E-state index contributed by atoms with van der Waals surface area (Å²) in [6.07, 6.45) is -4.11. The lowest BCUT2D eigenvalue weighted by atomic mass is 10.1. The molecule has 2 rings (SSSR count). The number of nitrogens with zero attached hydrogens (tertiary/aromatic N) is 2. The number of rotatable bonds is 11. The Labute approximate surface area is 172 Å². The second-order valence-electron chi connectivity index (χ2n) is 6.55. The normalized spacial score (nSPS) is 24.1. The zero-order valence-corrected chi connectivity index (χ0v) is 16.9. The molecule has 1 fully saturated rings. The van der Waals surface area contributed by atoms with Crippen LogP contribution in [0.4, 0.5) is 5.82 Å². The van der Waals surface area contributed by atoms with Crippen molar-refractivity contribution in [3.05, 3.63) is 22.7 Å². The van der Waals surface area contributed by atoms with E-state index in [-0.39, 0.29) is 25.6 Å². The van der Waals surface area contributed by atoms with E-state index >= 15 is 0 Å². The summed E-state index contributed by atoms with van der Waals surface area (Å²) in [6.45, 7) is 1.22. The molecule has 30 heavy (non-hydrogen) atoms. The zero-order chi connectivity index (χ0) is 22.3. The second kappa shape index (κ2) is 10.8. The molecule has 4 N–H and O–H groups in total. The fraction of sp³-hybridized carbons (Fsp3) is 0.706. The number of ether oxygens (including phenoxy) is 5.